The van der Waals surface area contributed by atoms with Gasteiger partial charge in [-0.3, -0.25) is 14.5 Å². The quantitative estimate of drug-likeness (QED) is 0.0599. The Morgan fingerprint density at radius 2 is 1.84 bits per heavy atom. The maximum atomic E-state index is 13.5. The first-order chi connectivity index (χ1) is 29.6. The van der Waals surface area contributed by atoms with E-state index >= 15 is 0 Å². The van der Waals surface area contributed by atoms with Crippen LogP contribution < -0.4 is 15.8 Å². The van der Waals surface area contributed by atoms with E-state index in [4.69, 9.17) is 13.9 Å². The van der Waals surface area contributed by atoms with Gasteiger partial charge in [0, 0.05) is 76.6 Å². The molecule has 2 aliphatic rings. The lowest BCUT2D eigenvalue weighted by atomic mass is 9.89. The van der Waals surface area contributed by atoms with Gasteiger partial charge in [-0.1, -0.05) is 64.4 Å². The molecule has 0 bridgehead atoms. The van der Waals surface area contributed by atoms with Crippen molar-refractivity contribution in [3.63, 3.8) is 0 Å². The fraction of sp³-hybridized carbons (Fsp3) is 0.571. The second-order valence-corrected chi connectivity index (χ2v) is 23.7. The Labute approximate surface area is 370 Å². The number of morpholine rings is 1. The van der Waals surface area contributed by atoms with Crippen LogP contribution >= 0.6 is 0 Å². The summed E-state index contributed by atoms with van der Waals surface area (Å²) in [6, 6.07) is 19.8. The molecule has 0 saturated carbocycles. The van der Waals surface area contributed by atoms with Crippen molar-refractivity contribution in [1.82, 2.24) is 25.1 Å². The predicted molar refractivity (Wildman–Crippen MR) is 252 cm³/mol. The number of hydrogen-bond donors (Lipinski definition) is 3. The van der Waals surface area contributed by atoms with Crippen molar-refractivity contribution in [2.24, 2.45) is 0 Å². The Morgan fingerprint density at radius 3 is 2.60 bits per heavy atom. The number of hydrogen-bond acceptors (Lipinski definition) is 10. The van der Waals surface area contributed by atoms with Crippen LogP contribution in [0.15, 0.2) is 71.7 Å². The molecule has 338 valence electrons. The molecule has 0 unspecified atom stereocenters. The number of unbranched alkanes of at least 4 members (excludes halogenated alkanes) is 1. The number of aryl methyl sites for hydroxylation is 1. The van der Waals surface area contributed by atoms with Gasteiger partial charge < -0.3 is 39.1 Å². The molecule has 4 aromatic rings. The maximum Gasteiger partial charge on any atom is 0.248 e. The van der Waals surface area contributed by atoms with E-state index in [1.165, 1.54) is 22.8 Å². The van der Waals surface area contributed by atoms with Crippen molar-refractivity contribution in [3.8, 4) is 5.75 Å². The SMILES string of the molecule is CCCCN(CCNC[C@H](O[Si](C)(C)C(C)(C)C)c1ccc(O)c2[nH]c(=O)ccc12)C(=O)CCOCCc1cccc(CN2CCC3(CC2)CN(c2cc(C)ccn2)CCO3)c1. The fourth-order valence-corrected chi connectivity index (χ4v) is 9.63. The lowest BCUT2D eigenvalue weighted by Crippen LogP contribution is -2.57. The van der Waals surface area contributed by atoms with Gasteiger partial charge in [-0.2, -0.15) is 0 Å². The molecular formula is C49H72N6O6Si. The summed E-state index contributed by atoms with van der Waals surface area (Å²) in [4.78, 5) is 39.9. The number of phenols is 1. The minimum absolute atomic E-state index is 0.0185. The van der Waals surface area contributed by atoms with Crippen molar-refractivity contribution in [3.05, 3.63) is 99.5 Å². The van der Waals surface area contributed by atoms with Gasteiger partial charge in [0.15, 0.2) is 8.32 Å². The van der Waals surface area contributed by atoms with Crippen LogP contribution in [0.25, 0.3) is 10.9 Å². The molecule has 6 rings (SSSR count). The third kappa shape index (κ3) is 12.8. The van der Waals surface area contributed by atoms with Crippen LogP contribution in [0.4, 0.5) is 5.82 Å². The van der Waals surface area contributed by atoms with Gasteiger partial charge in [0.2, 0.25) is 11.5 Å². The molecule has 2 fully saturated rings. The molecule has 0 radical (unpaired) electrons. The van der Waals surface area contributed by atoms with Crippen LogP contribution in [-0.2, 0) is 31.7 Å². The van der Waals surface area contributed by atoms with Gasteiger partial charge >= 0.3 is 0 Å². The predicted octanol–water partition coefficient (Wildman–Crippen LogP) is 7.74. The van der Waals surface area contributed by atoms with Gasteiger partial charge in [-0.05, 0) is 97.3 Å². The number of anilines is 1. The van der Waals surface area contributed by atoms with E-state index in [2.05, 4.69) is 103 Å². The third-order valence-corrected chi connectivity index (χ3v) is 17.6. The number of fused-ring (bicyclic) bond motifs is 1. The minimum atomic E-state index is -2.22. The Hall–Kier alpha value is -4.11. The van der Waals surface area contributed by atoms with E-state index < -0.39 is 8.32 Å². The van der Waals surface area contributed by atoms with E-state index in [0.29, 0.717) is 51.3 Å². The van der Waals surface area contributed by atoms with Gasteiger partial charge in [0.1, 0.15) is 11.6 Å². The molecule has 1 amide bonds. The van der Waals surface area contributed by atoms with Gasteiger partial charge in [-0.25, -0.2) is 4.98 Å². The van der Waals surface area contributed by atoms with Crippen LogP contribution in [0, 0.1) is 6.92 Å². The maximum absolute atomic E-state index is 13.5. The highest BCUT2D eigenvalue weighted by Crippen LogP contribution is 2.41. The number of likely N-dealkylation sites (tertiary alicyclic amines) is 1. The number of H-pyrrole nitrogens is 1. The molecule has 1 atom stereocenters. The van der Waals surface area contributed by atoms with Crippen molar-refractivity contribution in [1.29, 1.82) is 0 Å². The average molecular weight is 869 g/mol. The normalized spacial score (nSPS) is 16.5. The summed E-state index contributed by atoms with van der Waals surface area (Å²) in [7, 11) is -2.22. The largest absolute Gasteiger partial charge is 0.506 e. The molecule has 0 aliphatic carbocycles. The molecule has 2 aromatic carbocycles. The second kappa shape index (κ2) is 21.5. The average Bonchev–Trinajstić information content (AvgIpc) is 3.24. The van der Waals surface area contributed by atoms with E-state index in [-0.39, 0.29) is 34.0 Å². The number of nitrogens with zero attached hydrogens (tertiary/aromatic N) is 4. The second-order valence-electron chi connectivity index (χ2n) is 18.9. The third-order valence-electron chi connectivity index (χ3n) is 13.2. The zero-order valence-corrected chi connectivity index (χ0v) is 39.4. The first-order valence-electron chi connectivity index (χ1n) is 22.9. The highest BCUT2D eigenvalue weighted by molar-refractivity contribution is 6.74. The number of rotatable bonds is 20. The zero-order chi connectivity index (χ0) is 44.3. The summed E-state index contributed by atoms with van der Waals surface area (Å²) in [6.07, 6.45) is 6.71. The number of carbonyl (C=O) groups is 1. The molecule has 2 aliphatic heterocycles. The molecule has 3 N–H and O–H groups in total. The van der Waals surface area contributed by atoms with Gasteiger partial charge in [0.25, 0.3) is 0 Å². The van der Waals surface area contributed by atoms with Crippen LogP contribution in [0.1, 0.15) is 88.2 Å². The van der Waals surface area contributed by atoms with Crippen molar-refractivity contribution in [2.45, 2.75) is 110 Å². The van der Waals surface area contributed by atoms with Gasteiger partial charge in [-0.15, -0.1) is 0 Å². The molecule has 13 heteroatoms. The fourth-order valence-electron chi connectivity index (χ4n) is 8.35. The number of ether oxygens (including phenoxy) is 2. The van der Waals surface area contributed by atoms with E-state index in [9.17, 15) is 14.7 Å². The highest BCUT2D eigenvalue weighted by atomic mass is 28.4. The molecule has 2 saturated heterocycles. The summed E-state index contributed by atoms with van der Waals surface area (Å²) < 4.78 is 19.5. The summed E-state index contributed by atoms with van der Waals surface area (Å²) in [5.74, 6) is 1.19. The summed E-state index contributed by atoms with van der Waals surface area (Å²) in [5, 5.41) is 14.9. The first kappa shape index (κ1) is 47.4. The summed E-state index contributed by atoms with van der Waals surface area (Å²) in [6.45, 7) is 24.2. The Morgan fingerprint density at radius 1 is 1.05 bits per heavy atom. The Balaban J connectivity index is 0.942. The van der Waals surface area contributed by atoms with E-state index in [1.807, 2.05) is 23.2 Å². The number of aromatic amines is 1. The van der Waals surface area contributed by atoms with E-state index in [1.54, 1.807) is 12.1 Å². The van der Waals surface area contributed by atoms with Crippen molar-refractivity contribution in [2.75, 3.05) is 77.1 Å². The number of benzene rings is 2. The molecule has 4 heterocycles. The van der Waals surface area contributed by atoms with Crippen LogP contribution in [-0.4, -0.2) is 117 Å². The Kier molecular flexibility index (Phi) is 16.4. The zero-order valence-electron chi connectivity index (χ0n) is 38.4. The number of nitrogens with one attached hydrogen (secondary N) is 2. The summed E-state index contributed by atoms with van der Waals surface area (Å²) in [5.41, 5.74) is 4.74. The lowest BCUT2D eigenvalue weighted by molar-refractivity contribution is -0.132. The van der Waals surface area contributed by atoms with Crippen LogP contribution in [0.5, 0.6) is 5.75 Å². The first-order valence-corrected chi connectivity index (χ1v) is 25.8. The number of carbonyl (C=O) groups excluding carboxylic acids is 1. The smallest absolute Gasteiger partial charge is 0.248 e. The monoisotopic (exact) mass is 869 g/mol. The Bertz CT molecular complexity index is 2130. The van der Waals surface area contributed by atoms with Crippen molar-refractivity contribution < 1.29 is 23.8 Å². The number of phenolic OH excluding ortho intramolecular Hbond substituents is 1. The number of aromatic hydroxyl groups is 1. The molecule has 1 spiro atoms. The van der Waals surface area contributed by atoms with Crippen molar-refractivity contribution >= 4 is 30.9 Å². The van der Waals surface area contributed by atoms with Crippen LogP contribution in [0.3, 0.4) is 0 Å². The molecule has 62 heavy (non-hydrogen) atoms. The number of pyridine rings is 2. The number of aromatic nitrogens is 2. The molecule has 12 nitrogen and oxygen atoms in total. The standard InChI is InChI=1S/C49H72N6O6Si/c1-8-9-24-54(27-23-50-34-43(61-62(6,7)48(3,4)5)40-13-15-42(56)47-41(40)14-16-45(57)52-47)46(58)19-30-59-29-18-38-11-10-12-39(33-38)35-53-25-20-49(21-26-53)36-55(28-31-60-49)44-32-37(2)17-22-51-44/h10-17,22,32-33,43,50,56H,8-9,18-21,23-31,34-36H2,1-7H3,(H,52,57)/t43-/m0/s1. The summed E-state index contributed by atoms with van der Waals surface area (Å²) >= 11 is 0. The topological polar surface area (TPSA) is 132 Å². The minimum Gasteiger partial charge on any atom is -0.506 e. The van der Waals surface area contributed by atoms with Gasteiger partial charge in [0.05, 0.1) is 43.5 Å². The molecule has 2 aromatic heterocycles. The van der Waals surface area contributed by atoms with Crippen LogP contribution in [0.2, 0.25) is 18.1 Å². The number of amides is 1. The van der Waals surface area contributed by atoms with E-state index in [0.717, 1.165) is 88.2 Å². The lowest BCUT2D eigenvalue weighted by Gasteiger charge is -2.47. The highest BCUT2D eigenvalue weighted by Gasteiger charge is 2.41. The molecular weight excluding hydrogens is 797 g/mol. The number of piperidine rings is 1.